The number of para-hydroxylation sites is 1. The molecule has 6 atom stereocenters. The molecule has 6 heteroatoms. The predicted molar refractivity (Wildman–Crippen MR) is 108 cm³/mol. The van der Waals surface area contributed by atoms with Crippen molar-refractivity contribution in [2.75, 3.05) is 0 Å². The van der Waals surface area contributed by atoms with Crippen molar-refractivity contribution < 1.29 is 76.2 Å². The smallest absolute Gasteiger partial charge is 0.550 e. The number of carboxylic acids is 1. The average molecular weight is 437 g/mol. The van der Waals surface area contributed by atoms with Gasteiger partial charge in [-0.3, -0.25) is 0 Å². The fourth-order valence-corrected chi connectivity index (χ4v) is 4.40. The maximum Gasteiger partial charge on any atom is 1.00 e. The summed E-state index contributed by atoms with van der Waals surface area (Å²) in [6.45, 7) is 3.74. The predicted octanol–water partition coefficient (Wildman–Crippen LogP) is -1.04. The van der Waals surface area contributed by atoms with Crippen molar-refractivity contribution in [2.45, 2.75) is 70.2 Å². The van der Waals surface area contributed by atoms with Crippen LogP contribution in [0.15, 0.2) is 30.4 Å². The number of carbonyl (C=O) groups excluding carboxylic acids is 1. The molecule has 0 radical (unpaired) electrons. The summed E-state index contributed by atoms with van der Waals surface area (Å²) in [7, 11) is 0. The van der Waals surface area contributed by atoms with Gasteiger partial charge in [0.25, 0.3) is 0 Å². The van der Waals surface area contributed by atoms with Gasteiger partial charge < -0.3 is 24.9 Å². The Balaban J connectivity index is 0.00000320. The molecule has 1 heterocycles. The molecule has 0 aromatic heterocycles. The molecule has 0 bridgehead atoms. The first-order chi connectivity index (χ1) is 13.9. The van der Waals surface area contributed by atoms with E-state index in [0.29, 0.717) is 25.7 Å². The molecule has 5 nitrogen and oxygen atoms in total. The number of aryl methyl sites for hydroxylation is 1. The van der Waals surface area contributed by atoms with Crippen LogP contribution in [0.5, 0.6) is 5.75 Å². The van der Waals surface area contributed by atoms with Gasteiger partial charge in [-0.05, 0) is 37.7 Å². The first-order valence-corrected chi connectivity index (χ1v) is 10.3. The number of benzene rings is 1. The van der Waals surface area contributed by atoms with Crippen molar-refractivity contribution in [3.63, 3.8) is 0 Å². The second-order valence-electron chi connectivity index (χ2n) is 8.11. The van der Waals surface area contributed by atoms with E-state index in [1.807, 2.05) is 31.2 Å². The van der Waals surface area contributed by atoms with Crippen LogP contribution in [0.2, 0.25) is 0 Å². The number of carboxylic acid groups (broad SMARTS) is 1. The molecular weight excluding hydrogens is 407 g/mol. The minimum absolute atomic E-state index is 0. The third kappa shape index (κ3) is 5.98. The Morgan fingerprint density at radius 2 is 2.20 bits per heavy atom. The van der Waals surface area contributed by atoms with Gasteiger partial charge in [0.1, 0.15) is 11.9 Å². The van der Waals surface area contributed by atoms with Crippen LogP contribution in [0.4, 0.5) is 0 Å². The molecule has 1 aromatic rings. The van der Waals surface area contributed by atoms with Crippen molar-refractivity contribution in [3.8, 4) is 17.6 Å². The molecule has 30 heavy (non-hydrogen) atoms. The molecule has 1 aliphatic heterocycles. The molecule has 0 spiro atoms. The number of aliphatic hydroxyl groups is 2. The van der Waals surface area contributed by atoms with E-state index in [4.69, 9.17) is 4.74 Å². The Morgan fingerprint density at radius 3 is 2.90 bits per heavy atom. The van der Waals surface area contributed by atoms with Crippen molar-refractivity contribution in [1.82, 2.24) is 0 Å². The van der Waals surface area contributed by atoms with Crippen molar-refractivity contribution in [3.05, 3.63) is 41.5 Å². The Morgan fingerprint density at radius 1 is 1.43 bits per heavy atom. The molecule has 2 aliphatic rings. The Bertz CT molecular complexity index is 825. The van der Waals surface area contributed by atoms with Gasteiger partial charge in [-0.15, -0.1) is 11.8 Å². The Kier molecular flexibility index (Phi) is 10.1. The summed E-state index contributed by atoms with van der Waals surface area (Å²) in [5.41, 5.74) is 2.06. The van der Waals surface area contributed by atoms with Crippen LogP contribution in [-0.4, -0.2) is 34.5 Å². The molecule has 1 saturated carbocycles. The van der Waals surface area contributed by atoms with Crippen LogP contribution in [0.3, 0.4) is 0 Å². The summed E-state index contributed by atoms with van der Waals surface area (Å²) in [4.78, 5) is 10.7. The molecule has 1 fully saturated rings. The fourth-order valence-electron chi connectivity index (χ4n) is 4.40. The van der Waals surface area contributed by atoms with Gasteiger partial charge in [-0.25, -0.2) is 0 Å². The minimum Gasteiger partial charge on any atom is -0.550 e. The minimum atomic E-state index is -1.04. The molecule has 1 aliphatic carbocycles. The van der Waals surface area contributed by atoms with E-state index in [-0.39, 0.29) is 81.7 Å². The summed E-state index contributed by atoms with van der Waals surface area (Å²) in [6, 6.07) is 5.96. The van der Waals surface area contributed by atoms with Crippen LogP contribution in [0.1, 0.15) is 56.6 Å². The van der Waals surface area contributed by atoms with Crippen LogP contribution >= 0.6 is 0 Å². The molecule has 2 N–H and O–H groups in total. The third-order valence-electron chi connectivity index (χ3n) is 6.03. The summed E-state index contributed by atoms with van der Waals surface area (Å²) < 4.78 is 6.19. The summed E-state index contributed by atoms with van der Waals surface area (Å²) in [5, 5.41) is 31.7. The van der Waals surface area contributed by atoms with E-state index in [0.717, 1.165) is 16.9 Å². The van der Waals surface area contributed by atoms with E-state index >= 15 is 0 Å². The van der Waals surface area contributed by atoms with Gasteiger partial charge >= 0.3 is 51.4 Å². The molecule has 0 amide bonds. The average Bonchev–Trinajstić information content (AvgIpc) is 3.19. The van der Waals surface area contributed by atoms with E-state index in [2.05, 4.69) is 11.8 Å². The number of hydrogen-bond donors (Lipinski definition) is 2. The second-order valence-corrected chi connectivity index (χ2v) is 8.11. The number of carbonyl (C=O) groups is 1. The van der Waals surface area contributed by atoms with E-state index in [1.54, 1.807) is 13.0 Å². The topological polar surface area (TPSA) is 89.8 Å². The quantitative estimate of drug-likeness (QED) is 0.309. The zero-order valence-electron chi connectivity index (χ0n) is 18.0. The molecule has 1 aromatic carbocycles. The maximum absolute atomic E-state index is 10.7. The van der Waals surface area contributed by atoms with Crippen LogP contribution < -0.4 is 61.2 Å². The summed E-state index contributed by atoms with van der Waals surface area (Å²) in [5.74, 6) is 5.56. The monoisotopic (exact) mass is 436 g/mol. The van der Waals surface area contributed by atoms with Crippen molar-refractivity contribution in [1.29, 1.82) is 0 Å². The first kappa shape index (κ1) is 25.6. The van der Waals surface area contributed by atoms with Crippen LogP contribution in [-0.2, 0) is 11.2 Å². The van der Waals surface area contributed by atoms with Gasteiger partial charge in [0.2, 0.25) is 0 Å². The van der Waals surface area contributed by atoms with E-state index in [9.17, 15) is 20.1 Å². The second kappa shape index (κ2) is 11.8. The standard InChI is InChI=1S/C24H30O5.K/c1-3-4-7-15(2)19(25)13-12-17-20(26)14-21-23(17)18-10-5-8-16(24(18)29-21)9-6-11-22(27)28;/h5,8,10,12-13,15,17,19-21,23,25-26H,6-7,9,11,14H2,1-2H3,(H,27,28);/q;+1/p-1/b13-12+;/t15-,17-,19+,20+,21-,23-;/m0./s1. The van der Waals surface area contributed by atoms with E-state index in [1.165, 1.54) is 0 Å². The number of ether oxygens (including phenoxy) is 1. The number of hydrogen-bond acceptors (Lipinski definition) is 5. The van der Waals surface area contributed by atoms with Crippen LogP contribution in [0.25, 0.3) is 0 Å². The van der Waals surface area contributed by atoms with Gasteiger partial charge in [0, 0.05) is 36.2 Å². The molecule has 0 unspecified atom stereocenters. The van der Waals surface area contributed by atoms with E-state index < -0.39 is 18.2 Å². The van der Waals surface area contributed by atoms with Gasteiger partial charge in [0.15, 0.2) is 0 Å². The fraction of sp³-hybridized carbons (Fsp3) is 0.542. The zero-order valence-corrected chi connectivity index (χ0v) is 21.1. The summed E-state index contributed by atoms with van der Waals surface area (Å²) in [6.07, 6.45) is 4.80. The largest absolute Gasteiger partial charge is 1.00 e. The number of rotatable bonds is 8. The van der Waals surface area contributed by atoms with Crippen LogP contribution in [0, 0.1) is 23.7 Å². The normalized spacial score (nSPS) is 26.0. The van der Waals surface area contributed by atoms with Crippen molar-refractivity contribution in [2.24, 2.45) is 11.8 Å². The Hall–Kier alpha value is -0.654. The SMILES string of the molecule is CC#CC[C@H](C)[C@H](O)/C=C/[C@@H]1[C@H]2c3cccc(CCCC(=O)[O-])c3O[C@H]2C[C@H]1O.[K+]. The molecule has 156 valence electrons. The number of aliphatic hydroxyl groups excluding tert-OH is 2. The Labute approximate surface area is 221 Å². The van der Waals surface area contributed by atoms with Gasteiger partial charge in [-0.1, -0.05) is 37.3 Å². The zero-order chi connectivity index (χ0) is 21.0. The van der Waals surface area contributed by atoms with Crippen molar-refractivity contribution >= 4 is 5.97 Å². The van der Waals surface area contributed by atoms with Gasteiger partial charge in [0.05, 0.1) is 12.2 Å². The third-order valence-corrected chi connectivity index (χ3v) is 6.03. The number of fused-ring (bicyclic) bond motifs is 3. The maximum atomic E-state index is 10.7. The number of aliphatic carboxylic acids is 1. The molecular formula is C24H29KO5. The molecule has 3 rings (SSSR count). The summed E-state index contributed by atoms with van der Waals surface area (Å²) >= 11 is 0. The first-order valence-electron chi connectivity index (χ1n) is 10.3. The van der Waals surface area contributed by atoms with Gasteiger partial charge in [-0.2, -0.15) is 0 Å². The molecule has 0 saturated heterocycles.